The maximum atomic E-state index is 11.7. The van der Waals surface area contributed by atoms with Crippen LogP contribution in [0.4, 0.5) is 0 Å². The first kappa shape index (κ1) is 17.7. The Morgan fingerprint density at radius 3 is 2.38 bits per heavy atom. The fraction of sp³-hybridized carbons (Fsp3) is 0.588. The summed E-state index contributed by atoms with van der Waals surface area (Å²) in [5, 5.41) is 2.92. The molecular formula is C17H28N2O2. The van der Waals surface area contributed by atoms with Gasteiger partial charge < -0.3 is 10.1 Å². The molecule has 0 aliphatic heterocycles. The molecule has 0 heterocycles. The van der Waals surface area contributed by atoms with Crippen molar-refractivity contribution in [2.75, 3.05) is 19.7 Å². The van der Waals surface area contributed by atoms with Gasteiger partial charge in [0, 0.05) is 13.1 Å². The van der Waals surface area contributed by atoms with E-state index < -0.39 is 0 Å². The first-order valence-electron chi connectivity index (χ1n) is 7.74. The number of carbonyl (C=O) groups is 1. The zero-order chi connectivity index (χ0) is 15.7. The van der Waals surface area contributed by atoms with Crippen LogP contribution in [0.2, 0.25) is 0 Å². The molecule has 0 aliphatic rings. The number of nitrogens with one attached hydrogen (secondary N) is 1. The van der Waals surface area contributed by atoms with Gasteiger partial charge in [0.1, 0.15) is 6.61 Å². The molecule has 0 saturated heterocycles. The fourth-order valence-electron chi connectivity index (χ4n) is 2.06. The molecule has 1 aromatic carbocycles. The van der Waals surface area contributed by atoms with Crippen molar-refractivity contribution in [3.63, 3.8) is 0 Å². The average molecular weight is 292 g/mol. The minimum absolute atomic E-state index is 0.0682. The van der Waals surface area contributed by atoms with Gasteiger partial charge >= 0.3 is 0 Å². The molecule has 0 aromatic heterocycles. The zero-order valence-electron chi connectivity index (χ0n) is 13.7. The summed E-state index contributed by atoms with van der Waals surface area (Å²) in [4.78, 5) is 14.1. The quantitative estimate of drug-likeness (QED) is 0.760. The van der Waals surface area contributed by atoms with Gasteiger partial charge in [0.05, 0.1) is 6.10 Å². The van der Waals surface area contributed by atoms with E-state index in [1.807, 2.05) is 26.0 Å². The van der Waals surface area contributed by atoms with Crippen molar-refractivity contribution in [3.8, 4) is 0 Å². The number of amides is 1. The van der Waals surface area contributed by atoms with Crippen LogP contribution in [0.25, 0.3) is 0 Å². The van der Waals surface area contributed by atoms with E-state index in [0.29, 0.717) is 6.54 Å². The number of hydrogen-bond acceptors (Lipinski definition) is 3. The molecule has 0 unspecified atom stereocenters. The molecule has 0 atom stereocenters. The van der Waals surface area contributed by atoms with Gasteiger partial charge in [0.2, 0.25) is 5.91 Å². The predicted octanol–water partition coefficient (Wildman–Crippen LogP) is 2.57. The molecule has 118 valence electrons. The molecule has 1 aromatic rings. The standard InChI is InChI=1S/C17H28N2O2/c1-5-19(6-2)12-16-10-8-7-9-15(16)11-18-17(20)13-21-14(3)4/h7-10,14H,5-6,11-13H2,1-4H3,(H,18,20). The molecule has 21 heavy (non-hydrogen) atoms. The second-order valence-electron chi connectivity index (χ2n) is 5.37. The number of carbonyl (C=O) groups excluding carboxylic acids is 1. The van der Waals surface area contributed by atoms with Gasteiger partial charge in [0.25, 0.3) is 0 Å². The summed E-state index contributed by atoms with van der Waals surface area (Å²) in [5.41, 5.74) is 2.44. The van der Waals surface area contributed by atoms with Crippen LogP contribution in [0.5, 0.6) is 0 Å². The van der Waals surface area contributed by atoms with E-state index in [1.165, 1.54) is 11.1 Å². The van der Waals surface area contributed by atoms with Crippen molar-refractivity contribution in [2.45, 2.75) is 46.9 Å². The third-order valence-electron chi connectivity index (χ3n) is 3.43. The number of nitrogens with zero attached hydrogens (tertiary/aromatic N) is 1. The summed E-state index contributed by atoms with van der Waals surface area (Å²) in [6.45, 7) is 11.8. The second kappa shape index (κ2) is 9.53. The Labute approximate surface area is 128 Å². The molecule has 4 nitrogen and oxygen atoms in total. The maximum Gasteiger partial charge on any atom is 0.246 e. The normalized spacial score (nSPS) is 11.1. The molecule has 0 radical (unpaired) electrons. The minimum Gasteiger partial charge on any atom is -0.369 e. The SMILES string of the molecule is CCN(CC)Cc1ccccc1CNC(=O)COC(C)C. The molecule has 4 heteroatoms. The van der Waals surface area contributed by atoms with Gasteiger partial charge in [-0.3, -0.25) is 9.69 Å². The summed E-state index contributed by atoms with van der Waals surface area (Å²) in [5.74, 6) is -0.0682. The Morgan fingerprint density at radius 2 is 1.81 bits per heavy atom. The Balaban J connectivity index is 2.56. The van der Waals surface area contributed by atoms with Crippen LogP contribution in [0, 0.1) is 0 Å². The smallest absolute Gasteiger partial charge is 0.246 e. The molecule has 0 spiro atoms. The largest absolute Gasteiger partial charge is 0.369 e. The average Bonchev–Trinajstić information content (AvgIpc) is 2.49. The number of benzene rings is 1. The molecule has 0 bridgehead atoms. The molecular weight excluding hydrogens is 264 g/mol. The van der Waals surface area contributed by atoms with Gasteiger partial charge in [-0.1, -0.05) is 38.1 Å². The zero-order valence-corrected chi connectivity index (χ0v) is 13.7. The van der Waals surface area contributed by atoms with E-state index in [4.69, 9.17) is 4.74 Å². The molecule has 0 saturated carbocycles. The van der Waals surface area contributed by atoms with E-state index in [-0.39, 0.29) is 18.6 Å². The Morgan fingerprint density at radius 1 is 1.19 bits per heavy atom. The van der Waals surface area contributed by atoms with Crippen LogP contribution >= 0.6 is 0 Å². The lowest BCUT2D eigenvalue weighted by atomic mass is 10.1. The van der Waals surface area contributed by atoms with E-state index in [9.17, 15) is 4.79 Å². The molecule has 1 amide bonds. The fourth-order valence-corrected chi connectivity index (χ4v) is 2.06. The monoisotopic (exact) mass is 292 g/mol. The van der Waals surface area contributed by atoms with Gasteiger partial charge in [-0.2, -0.15) is 0 Å². The third-order valence-corrected chi connectivity index (χ3v) is 3.43. The van der Waals surface area contributed by atoms with E-state index >= 15 is 0 Å². The van der Waals surface area contributed by atoms with Crippen molar-refractivity contribution in [2.24, 2.45) is 0 Å². The van der Waals surface area contributed by atoms with Crippen LogP contribution in [-0.2, 0) is 22.6 Å². The highest BCUT2D eigenvalue weighted by atomic mass is 16.5. The summed E-state index contributed by atoms with van der Waals surface area (Å²) >= 11 is 0. The molecule has 0 aliphatic carbocycles. The molecule has 1 N–H and O–H groups in total. The first-order valence-corrected chi connectivity index (χ1v) is 7.74. The lowest BCUT2D eigenvalue weighted by molar-refractivity contribution is -0.127. The van der Waals surface area contributed by atoms with Crippen LogP contribution in [0.15, 0.2) is 24.3 Å². The van der Waals surface area contributed by atoms with Crippen LogP contribution in [-0.4, -0.2) is 36.6 Å². The predicted molar refractivity (Wildman–Crippen MR) is 86.0 cm³/mol. The van der Waals surface area contributed by atoms with Crippen LogP contribution in [0.3, 0.4) is 0 Å². The first-order chi connectivity index (χ1) is 10.1. The van der Waals surface area contributed by atoms with Gasteiger partial charge in [-0.05, 0) is 38.1 Å². The topological polar surface area (TPSA) is 41.6 Å². The summed E-state index contributed by atoms with van der Waals surface area (Å²) in [6, 6.07) is 8.26. The van der Waals surface area contributed by atoms with E-state index in [0.717, 1.165) is 19.6 Å². The number of hydrogen-bond donors (Lipinski definition) is 1. The van der Waals surface area contributed by atoms with Gasteiger partial charge in [-0.15, -0.1) is 0 Å². The minimum atomic E-state index is -0.0682. The third kappa shape index (κ3) is 6.74. The summed E-state index contributed by atoms with van der Waals surface area (Å²) < 4.78 is 5.30. The lowest BCUT2D eigenvalue weighted by Gasteiger charge is -2.20. The summed E-state index contributed by atoms with van der Waals surface area (Å²) in [7, 11) is 0. The van der Waals surface area contributed by atoms with Crippen molar-refractivity contribution < 1.29 is 9.53 Å². The van der Waals surface area contributed by atoms with Gasteiger partial charge in [0.15, 0.2) is 0 Å². The van der Waals surface area contributed by atoms with Gasteiger partial charge in [-0.25, -0.2) is 0 Å². The second-order valence-corrected chi connectivity index (χ2v) is 5.37. The highest BCUT2D eigenvalue weighted by Gasteiger charge is 2.08. The number of ether oxygens (including phenoxy) is 1. The lowest BCUT2D eigenvalue weighted by Crippen LogP contribution is -2.29. The summed E-state index contributed by atoms with van der Waals surface area (Å²) in [6.07, 6.45) is 0.0747. The van der Waals surface area contributed by atoms with E-state index in [2.05, 4.69) is 36.2 Å². The number of rotatable bonds is 9. The maximum absolute atomic E-state index is 11.7. The van der Waals surface area contributed by atoms with Crippen molar-refractivity contribution >= 4 is 5.91 Å². The van der Waals surface area contributed by atoms with Crippen LogP contribution < -0.4 is 5.32 Å². The highest BCUT2D eigenvalue weighted by molar-refractivity contribution is 5.77. The van der Waals surface area contributed by atoms with Crippen molar-refractivity contribution in [1.82, 2.24) is 10.2 Å². The molecule has 0 fully saturated rings. The Kier molecular flexibility index (Phi) is 8.01. The van der Waals surface area contributed by atoms with Crippen LogP contribution in [0.1, 0.15) is 38.8 Å². The Bertz CT molecular complexity index is 429. The van der Waals surface area contributed by atoms with Crippen molar-refractivity contribution in [1.29, 1.82) is 0 Å². The highest BCUT2D eigenvalue weighted by Crippen LogP contribution is 2.11. The molecule has 1 rings (SSSR count). The Hall–Kier alpha value is -1.39. The van der Waals surface area contributed by atoms with Crippen molar-refractivity contribution in [3.05, 3.63) is 35.4 Å². The van der Waals surface area contributed by atoms with E-state index in [1.54, 1.807) is 0 Å².